The van der Waals surface area contributed by atoms with Crippen molar-refractivity contribution >= 4 is 28.3 Å². The van der Waals surface area contributed by atoms with Gasteiger partial charge < -0.3 is 4.90 Å². The summed E-state index contributed by atoms with van der Waals surface area (Å²) in [4.78, 5) is 6.66. The molecule has 0 radical (unpaired) electrons. The topological polar surface area (TPSA) is 16.1 Å². The monoisotopic (exact) mass is 234 g/mol. The van der Waals surface area contributed by atoms with E-state index in [-0.39, 0.29) is 0 Å². The zero-order valence-corrected chi connectivity index (χ0v) is 10.5. The predicted molar refractivity (Wildman–Crippen MR) is 70.5 cm³/mol. The second-order valence-electron chi connectivity index (χ2n) is 3.99. The maximum absolute atomic E-state index is 6.42. The highest BCUT2D eigenvalue weighted by atomic mass is 35.5. The first kappa shape index (κ1) is 11.2. The van der Waals surface area contributed by atoms with Gasteiger partial charge in [0.2, 0.25) is 0 Å². The van der Waals surface area contributed by atoms with Crippen LogP contribution in [-0.4, -0.2) is 19.1 Å². The molecule has 16 heavy (non-hydrogen) atoms. The molecule has 2 rings (SSSR count). The lowest BCUT2D eigenvalue weighted by atomic mass is 10.1. The van der Waals surface area contributed by atoms with Crippen LogP contribution < -0.4 is 4.90 Å². The first-order chi connectivity index (χ1) is 7.65. The van der Waals surface area contributed by atoms with E-state index >= 15 is 0 Å². The zero-order chi connectivity index (χ0) is 11.7. The average molecular weight is 235 g/mol. The van der Waals surface area contributed by atoms with Gasteiger partial charge in [0.25, 0.3) is 0 Å². The second-order valence-corrected chi connectivity index (χ2v) is 4.37. The van der Waals surface area contributed by atoms with Crippen LogP contribution in [-0.2, 0) is 6.42 Å². The largest absolute Gasteiger partial charge is 0.362 e. The van der Waals surface area contributed by atoms with E-state index in [1.807, 2.05) is 43.3 Å². The van der Waals surface area contributed by atoms with Crippen molar-refractivity contribution in [3.8, 4) is 0 Å². The molecule has 2 nitrogen and oxygen atoms in total. The van der Waals surface area contributed by atoms with E-state index in [9.17, 15) is 0 Å². The number of rotatable bonds is 2. The first-order valence-corrected chi connectivity index (χ1v) is 5.77. The number of pyridine rings is 1. The van der Waals surface area contributed by atoms with Gasteiger partial charge in [-0.15, -0.1) is 0 Å². The number of hydrogen-bond donors (Lipinski definition) is 0. The van der Waals surface area contributed by atoms with Crippen molar-refractivity contribution in [2.24, 2.45) is 0 Å². The summed E-state index contributed by atoms with van der Waals surface area (Å²) in [6.45, 7) is 2.10. The summed E-state index contributed by atoms with van der Waals surface area (Å²) < 4.78 is 0. The maximum atomic E-state index is 6.42. The lowest BCUT2D eigenvalue weighted by Crippen LogP contribution is -2.13. The predicted octanol–water partition coefficient (Wildman–Crippen LogP) is 3.52. The zero-order valence-electron chi connectivity index (χ0n) is 9.79. The number of aromatic nitrogens is 1. The lowest BCUT2D eigenvalue weighted by molar-refractivity contribution is 1.02. The molecule has 84 valence electrons. The molecular formula is C13H15ClN2. The van der Waals surface area contributed by atoms with E-state index in [2.05, 4.69) is 11.9 Å². The molecule has 0 bridgehead atoms. The molecule has 1 heterocycles. The van der Waals surface area contributed by atoms with Crippen LogP contribution in [0.4, 0.5) is 5.82 Å². The summed E-state index contributed by atoms with van der Waals surface area (Å²) in [6, 6.07) is 7.98. The Morgan fingerprint density at radius 3 is 2.56 bits per heavy atom. The molecule has 0 aliphatic heterocycles. The number of nitrogens with zero attached hydrogens (tertiary/aromatic N) is 2. The van der Waals surface area contributed by atoms with E-state index in [1.54, 1.807) is 0 Å². The number of halogens is 1. The number of benzene rings is 1. The van der Waals surface area contributed by atoms with E-state index in [0.717, 1.165) is 33.7 Å². The van der Waals surface area contributed by atoms with Crippen LogP contribution in [0.15, 0.2) is 24.3 Å². The Labute approximate surface area is 101 Å². The summed E-state index contributed by atoms with van der Waals surface area (Å²) in [5.41, 5.74) is 2.07. The van der Waals surface area contributed by atoms with E-state index in [1.165, 1.54) is 0 Å². The molecule has 0 spiro atoms. The SMILES string of the molecule is CCc1c(N(C)C)nc2ccccc2c1Cl. The van der Waals surface area contributed by atoms with Crippen molar-refractivity contribution in [3.63, 3.8) is 0 Å². The standard InChI is InChI=1S/C13H15ClN2/c1-4-9-12(14)10-7-5-6-8-11(10)15-13(9)16(2)3/h5-8H,4H2,1-3H3. The van der Waals surface area contributed by atoms with Gasteiger partial charge in [-0.25, -0.2) is 4.98 Å². The van der Waals surface area contributed by atoms with Crippen LogP contribution >= 0.6 is 11.6 Å². The van der Waals surface area contributed by atoms with Gasteiger partial charge in [0.05, 0.1) is 10.5 Å². The highest BCUT2D eigenvalue weighted by Crippen LogP contribution is 2.32. The highest BCUT2D eigenvalue weighted by Gasteiger charge is 2.12. The molecule has 0 saturated heterocycles. The molecular weight excluding hydrogens is 220 g/mol. The Morgan fingerprint density at radius 2 is 1.94 bits per heavy atom. The minimum atomic E-state index is 0.830. The molecule has 0 atom stereocenters. The van der Waals surface area contributed by atoms with Crippen LogP contribution in [0.25, 0.3) is 10.9 Å². The molecule has 0 fully saturated rings. The highest BCUT2D eigenvalue weighted by molar-refractivity contribution is 6.36. The van der Waals surface area contributed by atoms with Crippen LogP contribution in [0.1, 0.15) is 12.5 Å². The van der Waals surface area contributed by atoms with Crippen molar-refractivity contribution < 1.29 is 0 Å². The van der Waals surface area contributed by atoms with Gasteiger partial charge in [-0.3, -0.25) is 0 Å². The Morgan fingerprint density at radius 1 is 1.25 bits per heavy atom. The van der Waals surface area contributed by atoms with E-state index in [4.69, 9.17) is 11.6 Å². The van der Waals surface area contributed by atoms with Crippen molar-refractivity contribution in [2.45, 2.75) is 13.3 Å². The Hall–Kier alpha value is -1.28. The number of anilines is 1. The maximum Gasteiger partial charge on any atom is 0.133 e. The normalized spacial score (nSPS) is 10.8. The number of hydrogen-bond acceptors (Lipinski definition) is 2. The molecule has 0 amide bonds. The summed E-state index contributed by atoms with van der Waals surface area (Å²) in [5, 5.41) is 1.86. The molecule has 1 aromatic carbocycles. The van der Waals surface area contributed by atoms with Gasteiger partial charge in [0, 0.05) is 25.0 Å². The van der Waals surface area contributed by atoms with Crippen molar-refractivity contribution in [2.75, 3.05) is 19.0 Å². The Kier molecular flexibility index (Phi) is 3.01. The van der Waals surface area contributed by atoms with Crippen LogP contribution in [0.5, 0.6) is 0 Å². The van der Waals surface area contributed by atoms with Crippen LogP contribution in [0.3, 0.4) is 0 Å². The van der Waals surface area contributed by atoms with Crippen molar-refractivity contribution in [3.05, 3.63) is 34.9 Å². The minimum Gasteiger partial charge on any atom is -0.362 e. The van der Waals surface area contributed by atoms with Crippen molar-refractivity contribution in [1.82, 2.24) is 4.98 Å². The Bertz CT molecular complexity index is 521. The molecule has 0 aliphatic rings. The van der Waals surface area contributed by atoms with E-state index < -0.39 is 0 Å². The summed E-state index contributed by atoms with van der Waals surface area (Å²) >= 11 is 6.42. The molecule has 0 aliphatic carbocycles. The fourth-order valence-corrected chi connectivity index (χ4v) is 2.26. The van der Waals surface area contributed by atoms with Gasteiger partial charge in [-0.1, -0.05) is 36.7 Å². The molecule has 2 aromatic rings. The Balaban J connectivity index is 2.81. The third-order valence-corrected chi connectivity index (χ3v) is 3.11. The quantitative estimate of drug-likeness (QED) is 0.791. The fraction of sp³-hybridized carbons (Fsp3) is 0.308. The molecule has 0 saturated carbocycles. The summed E-state index contributed by atoms with van der Waals surface area (Å²) in [6.07, 6.45) is 0.893. The van der Waals surface area contributed by atoms with Gasteiger partial charge in [-0.05, 0) is 12.5 Å². The smallest absolute Gasteiger partial charge is 0.133 e. The number of fused-ring (bicyclic) bond motifs is 1. The third kappa shape index (κ3) is 1.74. The number of para-hydroxylation sites is 1. The average Bonchev–Trinajstić information content (AvgIpc) is 2.29. The molecule has 0 unspecified atom stereocenters. The van der Waals surface area contributed by atoms with Crippen molar-refractivity contribution in [1.29, 1.82) is 0 Å². The van der Waals surface area contributed by atoms with Crippen LogP contribution in [0, 0.1) is 0 Å². The second kappa shape index (κ2) is 4.30. The lowest BCUT2D eigenvalue weighted by Gasteiger charge is -2.18. The van der Waals surface area contributed by atoms with Gasteiger partial charge in [0.1, 0.15) is 5.82 Å². The van der Waals surface area contributed by atoms with Crippen LogP contribution in [0.2, 0.25) is 5.02 Å². The van der Waals surface area contributed by atoms with Gasteiger partial charge >= 0.3 is 0 Å². The summed E-state index contributed by atoms with van der Waals surface area (Å²) in [5.74, 6) is 0.964. The van der Waals surface area contributed by atoms with Gasteiger partial charge in [0.15, 0.2) is 0 Å². The minimum absolute atomic E-state index is 0.830. The fourth-order valence-electron chi connectivity index (χ4n) is 1.88. The molecule has 0 N–H and O–H groups in total. The van der Waals surface area contributed by atoms with Gasteiger partial charge in [-0.2, -0.15) is 0 Å². The summed E-state index contributed by atoms with van der Waals surface area (Å²) in [7, 11) is 3.99. The van der Waals surface area contributed by atoms with E-state index in [0.29, 0.717) is 0 Å². The molecule has 3 heteroatoms. The molecule has 1 aromatic heterocycles. The first-order valence-electron chi connectivity index (χ1n) is 5.39. The third-order valence-electron chi connectivity index (χ3n) is 2.68.